The molecule has 28 heavy (non-hydrogen) atoms. The van der Waals surface area contributed by atoms with Gasteiger partial charge in [-0.3, -0.25) is 4.99 Å². The molecule has 1 aliphatic rings. The lowest BCUT2D eigenvalue weighted by atomic mass is 10.2. The highest BCUT2D eigenvalue weighted by atomic mass is 79.9. The topological polar surface area (TPSA) is 56.9 Å². The molecule has 1 aliphatic heterocycles. The van der Waals surface area contributed by atoms with E-state index < -0.39 is 0 Å². The van der Waals surface area contributed by atoms with Crippen molar-refractivity contribution >= 4 is 50.5 Å². The first kappa shape index (κ1) is 17.3. The van der Waals surface area contributed by atoms with Crippen LogP contribution in [-0.2, 0) is 0 Å². The molecule has 4 aromatic rings. The molecule has 138 valence electrons. The van der Waals surface area contributed by atoms with Crippen molar-refractivity contribution in [1.29, 1.82) is 0 Å². The second-order valence-electron chi connectivity index (χ2n) is 6.14. The van der Waals surface area contributed by atoms with Crippen molar-refractivity contribution in [3.63, 3.8) is 0 Å². The zero-order chi connectivity index (χ0) is 19.1. The van der Waals surface area contributed by atoms with Crippen LogP contribution in [0.25, 0.3) is 22.6 Å². The molecule has 0 bridgehead atoms. The molecule has 0 N–H and O–H groups in total. The Morgan fingerprint density at radius 2 is 1.86 bits per heavy atom. The Balaban J connectivity index is 1.47. The average Bonchev–Trinajstić information content (AvgIpc) is 3.32. The summed E-state index contributed by atoms with van der Waals surface area (Å²) in [5.74, 6) is 1.86. The molecule has 0 saturated carbocycles. The van der Waals surface area contributed by atoms with Gasteiger partial charge in [0.1, 0.15) is 5.52 Å². The SMILES string of the molecule is Clc1cc2c(cc1C=Nc1ccc3oc(-c4ccccc4Br)nc3c1)OCO2. The molecule has 0 saturated heterocycles. The minimum absolute atomic E-state index is 0.203. The van der Waals surface area contributed by atoms with E-state index in [2.05, 4.69) is 25.9 Å². The summed E-state index contributed by atoms with van der Waals surface area (Å²) in [6.45, 7) is 0.203. The van der Waals surface area contributed by atoms with E-state index in [9.17, 15) is 0 Å². The zero-order valence-electron chi connectivity index (χ0n) is 14.4. The Morgan fingerprint density at radius 1 is 1.04 bits per heavy atom. The van der Waals surface area contributed by atoms with Gasteiger partial charge in [0.25, 0.3) is 0 Å². The molecule has 3 aromatic carbocycles. The molecule has 0 spiro atoms. The van der Waals surface area contributed by atoms with Gasteiger partial charge in [0.05, 0.1) is 16.3 Å². The van der Waals surface area contributed by atoms with Crippen molar-refractivity contribution in [2.45, 2.75) is 0 Å². The zero-order valence-corrected chi connectivity index (χ0v) is 16.7. The smallest absolute Gasteiger partial charge is 0.231 e. The number of aliphatic imine (C=N–C) groups is 1. The molecule has 0 aliphatic carbocycles. The number of nitrogens with zero attached hydrogens (tertiary/aromatic N) is 2. The lowest BCUT2D eigenvalue weighted by molar-refractivity contribution is 0.174. The van der Waals surface area contributed by atoms with Crippen molar-refractivity contribution in [3.05, 3.63) is 69.7 Å². The molecule has 0 amide bonds. The summed E-state index contributed by atoms with van der Waals surface area (Å²) in [6, 6.07) is 16.9. The van der Waals surface area contributed by atoms with Gasteiger partial charge in [-0.15, -0.1) is 0 Å². The average molecular weight is 456 g/mol. The molecule has 2 heterocycles. The predicted octanol–water partition coefficient (Wildman–Crippen LogP) is 6.39. The van der Waals surface area contributed by atoms with Gasteiger partial charge in [0.2, 0.25) is 12.7 Å². The molecule has 0 fully saturated rings. The van der Waals surface area contributed by atoms with E-state index in [1.165, 1.54) is 0 Å². The molecule has 0 unspecified atom stereocenters. The van der Waals surface area contributed by atoms with E-state index in [4.69, 9.17) is 25.5 Å². The normalized spacial score (nSPS) is 12.9. The van der Waals surface area contributed by atoms with Crippen molar-refractivity contribution < 1.29 is 13.9 Å². The number of hydrogen-bond acceptors (Lipinski definition) is 5. The first-order valence-corrected chi connectivity index (χ1v) is 9.63. The van der Waals surface area contributed by atoms with Crippen LogP contribution in [0.1, 0.15) is 5.56 Å². The lowest BCUT2D eigenvalue weighted by Gasteiger charge is -2.01. The summed E-state index contributed by atoms with van der Waals surface area (Å²) < 4.78 is 17.5. The highest BCUT2D eigenvalue weighted by Gasteiger charge is 2.16. The summed E-state index contributed by atoms with van der Waals surface area (Å²) in [6.07, 6.45) is 1.69. The van der Waals surface area contributed by atoms with Crippen molar-refractivity contribution in [3.8, 4) is 23.0 Å². The lowest BCUT2D eigenvalue weighted by Crippen LogP contribution is -1.92. The number of aromatic nitrogens is 1. The molecule has 1 aromatic heterocycles. The fourth-order valence-corrected chi connectivity index (χ4v) is 3.58. The van der Waals surface area contributed by atoms with Crippen LogP contribution in [0.5, 0.6) is 11.5 Å². The quantitative estimate of drug-likeness (QED) is 0.336. The van der Waals surface area contributed by atoms with Crippen LogP contribution < -0.4 is 9.47 Å². The third-order valence-corrected chi connectivity index (χ3v) is 5.34. The van der Waals surface area contributed by atoms with Crippen molar-refractivity contribution in [2.24, 2.45) is 4.99 Å². The fourth-order valence-electron chi connectivity index (χ4n) is 2.92. The van der Waals surface area contributed by atoms with Gasteiger partial charge in [0.15, 0.2) is 17.1 Å². The van der Waals surface area contributed by atoms with Gasteiger partial charge in [-0.25, -0.2) is 4.98 Å². The van der Waals surface area contributed by atoms with E-state index in [1.54, 1.807) is 12.3 Å². The number of hydrogen-bond donors (Lipinski definition) is 0. The predicted molar refractivity (Wildman–Crippen MR) is 112 cm³/mol. The summed E-state index contributed by atoms with van der Waals surface area (Å²) in [4.78, 5) is 9.11. The maximum Gasteiger partial charge on any atom is 0.231 e. The maximum atomic E-state index is 6.30. The van der Waals surface area contributed by atoms with Gasteiger partial charge < -0.3 is 13.9 Å². The monoisotopic (exact) mass is 454 g/mol. The van der Waals surface area contributed by atoms with Gasteiger partial charge in [-0.2, -0.15) is 0 Å². The Labute approximate surface area is 173 Å². The molecule has 0 atom stereocenters. The van der Waals surface area contributed by atoms with Gasteiger partial charge in [-0.1, -0.05) is 23.7 Å². The second kappa shape index (κ2) is 6.96. The first-order valence-electron chi connectivity index (χ1n) is 8.46. The van der Waals surface area contributed by atoms with Crippen LogP contribution in [-0.4, -0.2) is 18.0 Å². The Kier molecular flexibility index (Phi) is 4.30. The molecule has 5 rings (SSSR count). The molecular weight excluding hydrogens is 444 g/mol. The first-order chi connectivity index (χ1) is 13.7. The van der Waals surface area contributed by atoms with Crippen molar-refractivity contribution in [1.82, 2.24) is 4.98 Å². The molecule has 0 radical (unpaired) electrons. The van der Waals surface area contributed by atoms with Gasteiger partial charge in [-0.05, 0) is 52.3 Å². The minimum Gasteiger partial charge on any atom is -0.454 e. The standard InChI is InChI=1S/C21H12BrClN2O3/c22-15-4-2-1-3-14(15)21-25-17-8-13(5-6-18(17)28-21)24-10-12-7-19-20(9-16(12)23)27-11-26-19/h1-10H,11H2. The van der Waals surface area contributed by atoms with Gasteiger partial charge >= 0.3 is 0 Å². The molecule has 7 heteroatoms. The minimum atomic E-state index is 0.203. The summed E-state index contributed by atoms with van der Waals surface area (Å²) in [5.41, 5.74) is 3.83. The van der Waals surface area contributed by atoms with E-state index in [0.29, 0.717) is 28.0 Å². The molecule has 5 nitrogen and oxygen atoms in total. The Hall–Kier alpha value is -2.83. The van der Waals surface area contributed by atoms with E-state index in [0.717, 1.165) is 26.8 Å². The number of rotatable bonds is 3. The van der Waals surface area contributed by atoms with Crippen molar-refractivity contribution in [2.75, 3.05) is 6.79 Å². The molecular formula is C21H12BrClN2O3. The highest BCUT2D eigenvalue weighted by molar-refractivity contribution is 9.10. The summed E-state index contributed by atoms with van der Waals surface area (Å²) in [5, 5.41) is 0.548. The van der Waals surface area contributed by atoms with E-state index in [-0.39, 0.29) is 6.79 Å². The van der Waals surface area contributed by atoms with Crippen LogP contribution in [0.2, 0.25) is 5.02 Å². The third kappa shape index (κ3) is 3.15. The number of ether oxygens (including phenoxy) is 2. The van der Waals surface area contributed by atoms with Crippen LogP contribution >= 0.6 is 27.5 Å². The summed E-state index contributed by atoms with van der Waals surface area (Å²) >= 11 is 9.82. The second-order valence-corrected chi connectivity index (χ2v) is 7.40. The number of halogens is 2. The van der Waals surface area contributed by atoms with Crippen LogP contribution in [0.4, 0.5) is 5.69 Å². The van der Waals surface area contributed by atoms with E-state index >= 15 is 0 Å². The number of oxazole rings is 1. The number of benzene rings is 3. The Bertz CT molecular complexity index is 1240. The van der Waals surface area contributed by atoms with E-state index in [1.807, 2.05) is 48.5 Å². The van der Waals surface area contributed by atoms with Crippen LogP contribution in [0.3, 0.4) is 0 Å². The van der Waals surface area contributed by atoms with Gasteiger partial charge in [0, 0.05) is 22.3 Å². The Morgan fingerprint density at radius 3 is 2.71 bits per heavy atom. The third-order valence-electron chi connectivity index (χ3n) is 4.32. The highest BCUT2D eigenvalue weighted by Crippen LogP contribution is 2.36. The number of fused-ring (bicyclic) bond motifs is 2. The van der Waals surface area contributed by atoms with Crippen LogP contribution in [0, 0.1) is 0 Å². The fraction of sp³-hybridized carbons (Fsp3) is 0.0476. The maximum absolute atomic E-state index is 6.30. The largest absolute Gasteiger partial charge is 0.454 e. The van der Waals surface area contributed by atoms with Crippen LogP contribution in [0.15, 0.2) is 68.5 Å². The summed E-state index contributed by atoms with van der Waals surface area (Å²) in [7, 11) is 0.